The molecule has 0 radical (unpaired) electrons. The molecule has 166 valence electrons. The van der Waals surface area contributed by atoms with Crippen molar-refractivity contribution in [3.05, 3.63) is 66.5 Å². The van der Waals surface area contributed by atoms with Crippen molar-refractivity contribution in [1.29, 1.82) is 0 Å². The highest BCUT2D eigenvalue weighted by atomic mass is 32.2. The van der Waals surface area contributed by atoms with Crippen molar-refractivity contribution in [3.8, 4) is 5.69 Å². The molecule has 2 heterocycles. The van der Waals surface area contributed by atoms with Crippen LogP contribution in [-0.2, 0) is 14.6 Å². The normalized spacial score (nSPS) is 19.7. The predicted octanol–water partition coefficient (Wildman–Crippen LogP) is 3.46. The van der Waals surface area contributed by atoms with Gasteiger partial charge >= 0.3 is 0 Å². The Labute approximate surface area is 191 Å². The molecule has 0 spiro atoms. The van der Waals surface area contributed by atoms with E-state index < -0.39 is 9.84 Å². The lowest BCUT2D eigenvalue weighted by atomic mass is 10.2. The van der Waals surface area contributed by atoms with E-state index >= 15 is 0 Å². The van der Waals surface area contributed by atoms with E-state index in [4.69, 9.17) is 4.98 Å². The van der Waals surface area contributed by atoms with Crippen LogP contribution in [0.5, 0.6) is 0 Å². The Morgan fingerprint density at radius 3 is 2.34 bits per heavy atom. The molecule has 2 aromatic carbocycles. The van der Waals surface area contributed by atoms with Gasteiger partial charge in [-0.15, -0.1) is 5.10 Å². The van der Waals surface area contributed by atoms with E-state index in [2.05, 4.69) is 5.10 Å². The summed E-state index contributed by atoms with van der Waals surface area (Å²) in [6, 6.07) is 18.9. The fraction of sp³-hybridized carbons (Fsp3) is 0.348. The van der Waals surface area contributed by atoms with Crippen LogP contribution in [0.4, 0.5) is 5.69 Å². The summed E-state index contributed by atoms with van der Waals surface area (Å²) in [5.41, 5.74) is 1.68. The number of benzene rings is 2. The number of rotatable bonds is 7. The van der Waals surface area contributed by atoms with E-state index in [0.717, 1.165) is 30.0 Å². The number of sulfone groups is 1. The summed E-state index contributed by atoms with van der Waals surface area (Å²) in [5, 5.41) is 5.23. The number of hydrogen-bond donors (Lipinski definition) is 0. The number of carbonyl (C=O) groups is 1. The van der Waals surface area contributed by atoms with Crippen LogP contribution in [0.25, 0.3) is 5.69 Å². The molecule has 0 N–H and O–H groups in total. The summed E-state index contributed by atoms with van der Waals surface area (Å²) in [6.45, 7) is 0. The molecule has 7 nitrogen and oxygen atoms in total. The van der Waals surface area contributed by atoms with Gasteiger partial charge in [0.15, 0.2) is 9.84 Å². The summed E-state index contributed by atoms with van der Waals surface area (Å²) in [5.74, 6) is 1.49. The topological polar surface area (TPSA) is 85.2 Å². The van der Waals surface area contributed by atoms with Crippen molar-refractivity contribution >= 4 is 33.2 Å². The van der Waals surface area contributed by atoms with Crippen LogP contribution in [0, 0.1) is 0 Å². The molecule has 1 aromatic heterocycles. The molecule has 1 aliphatic carbocycles. The Morgan fingerprint density at radius 2 is 1.72 bits per heavy atom. The highest BCUT2D eigenvalue weighted by molar-refractivity contribution is 7.99. The number of para-hydroxylation sites is 2. The molecule has 1 saturated carbocycles. The molecule has 1 aliphatic heterocycles. The molecule has 0 bridgehead atoms. The molecule has 1 amide bonds. The summed E-state index contributed by atoms with van der Waals surface area (Å²) in [6.07, 6.45) is 2.67. The first-order valence-electron chi connectivity index (χ1n) is 10.7. The minimum absolute atomic E-state index is 0.00497. The minimum atomic E-state index is -3.11. The Morgan fingerprint density at radius 1 is 1.03 bits per heavy atom. The number of hydrogen-bond acceptors (Lipinski definition) is 6. The monoisotopic (exact) mass is 468 g/mol. The molecule has 2 fully saturated rings. The lowest BCUT2D eigenvalue weighted by Gasteiger charge is -2.28. The van der Waals surface area contributed by atoms with E-state index in [1.807, 2.05) is 65.3 Å². The Bertz CT molecular complexity index is 1210. The Hall–Kier alpha value is -2.65. The van der Waals surface area contributed by atoms with Gasteiger partial charge in [-0.05, 0) is 43.5 Å². The van der Waals surface area contributed by atoms with Crippen LogP contribution >= 0.6 is 11.8 Å². The van der Waals surface area contributed by atoms with Gasteiger partial charge in [-0.25, -0.2) is 18.1 Å². The Balaban J connectivity index is 1.36. The highest BCUT2D eigenvalue weighted by Crippen LogP contribution is 2.40. The first kappa shape index (κ1) is 21.2. The number of thioether (sulfide) groups is 1. The highest BCUT2D eigenvalue weighted by Gasteiger charge is 2.36. The van der Waals surface area contributed by atoms with Crippen molar-refractivity contribution in [2.24, 2.45) is 0 Å². The third kappa shape index (κ3) is 4.59. The molecule has 2 aliphatic rings. The van der Waals surface area contributed by atoms with Gasteiger partial charge in [0.2, 0.25) is 11.1 Å². The molecular formula is C23H24N4O3S2. The average Bonchev–Trinajstić information content (AvgIpc) is 3.46. The van der Waals surface area contributed by atoms with Crippen LogP contribution in [-0.4, -0.2) is 52.4 Å². The van der Waals surface area contributed by atoms with Crippen molar-refractivity contribution in [2.75, 3.05) is 22.2 Å². The maximum atomic E-state index is 13.3. The maximum absolute atomic E-state index is 13.3. The second kappa shape index (κ2) is 8.71. The summed E-state index contributed by atoms with van der Waals surface area (Å²) >= 11 is 1.30. The maximum Gasteiger partial charge on any atom is 0.237 e. The van der Waals surface area contributed by atoms with Crippen molar-refractivity contribution in [1.82, 2.24) is 14.8 Å². The number of amides is 1. The van der Waals surface area contributed by atoms with Crippen molar-refractivity contribution in [3.63, 3.8) is 0 Å². The Kier molecular flexibility index (Phi) is 5.77. The van der Waals surface area contributed by atoms with Crippen molar-refractivity contribution in [2.45, 2.75) is 36.4 Å². The van der Waals surface area contributed by atoms with Crippen LogP contribution in [0.3, 0.4) is 0 Å². The molecule has 3 aromatic rings. The summed E-state index contributed by atoms with van der Waals surface area (Å²) in [7, 11) is -3.11. The second-order valence-corrected chi connectivity index (χ2v) is 11.4. The van der Waals surface area contributed by atoms with Gasteiger partial charge in [0.25, 0.3) is 0 Å². The zero-order chi connectivity index (χ0) is 22.1. The third-order valence-corrected chi connectivity index (χ3v) is 8.33. The molecule has 9 heteroatoms. The predicted molar refractivity (Wildman–Crippen MR) is 125 cm³/mol. The van der Waals surface area contributed by atoms with E-state index in [1.54, 1.807) is 4.90 Å². The van der Waals surface area contributed by atoms with Gasteiger partial charge in [0.1, 0.15) is 5.82 Å². The largest absolute Gasteiger partial charge is 0.308 e. The molecule has 1 atom stereocenters. The number of carbonyl (C=O) groups excluding carboxylic acids is 1. The van der Waals surface area contributed by atoms with E-state index in [9.17, 15) is 13.2 Å². The van der Waals surface area contributed by atoms with Gasteiger partial charge in [0.05, 0.1) is 29.0 Å². The molecule has 5 rings (SSSR count). The summed E-state index contributed by atoms with van der Waals surface area (Å²) in [4.78, 5) is 19.6. The van der Waals surface area contributed by atoms with Crippen molar-refractivity contribution < 1.29 is 13.2 Å². The second-order valence-electron chi connectivity index (χ2n) is 8.22. The quantitative estimate of drug-likeness (QED) is 0.494. The fourth-order valence-electron chi connectivity index (χ4n) is 4.05. The van der Waals surface area contributed by atoms with Gasteiger partial charge in [0, 0.05) is 11.6 Å². The van der Waals surface area contributed by atoms with Gasteiger partial charge in [-0.3, -0.25) is 4.79 Å². The minimum Gasteiger partial charge on any atom is -0.308 e. The third-order valence-electron chi connectivity index (χ3n) is 5.76. The van der Waals surface area contributed by atoms with Crippen LogP contribution in [0.15, 0.2) is 65.8 Å². The number of nitrogens with zero attached hydrogens (tertiary/aromatic N) is 4. The number of anilines is 1. The fourth-order valence-corrected chi connectivity index (χ4v) is 6.44. The van der Waals surface area contributed by atoms with Gasteiger partial charge in [-0.2, -0.15) is 0 Å². The lowest BCUT2D eigenvalue weighted by Crippen LogP contribution is -2.42. The molecule has 1 saturated heterocycles. The van der Waals surface area contributed by atoms with E-state index in [0.29, 0.717) is 17.5 Å². The van der Waals surface area contributed by atoms with E-state index in [-0.39, 0.29) is 29.2 Å². The van der Waals surface area contributed by atoms with Gasteiger partial charge < -0.3 is 4.90 Å². The van der Waals surface area contributed by atoms with Crippen LogP contribution in [0.2, 0.25) is 0 Å². The van der Waals surface area contributed by atoms with E-state index in [1.165, 1.54) is 11.8 Å². The lowest BCUT2D eigenvalue weighted by molar-refractivity contribution is -0.116. The smallest absolute Gasteiger partial charge is 0.237 e. The summed E-state index contributed by atoms with van der Waals surface area (Å²) < 4.78 is 26.0. The van der Waals surface area contributed by atoms with Crippen LogP contribution in [0.1, 0.15) is 31.0 Å². The molecular weight excluding hydrogens is 444 g/mol. The zero-order valence-electron chi connectivity index (χ0n) is 17.5. The molecule has 32 heavy (non-hydrogen) atoms. The number of aromatic nitrogens is 3. The molecule has 1 unspecified atom stereocenters. The average molecular weight is 469 g/mol. The SMILES string of the molecule is O=C(CSc1nc(C2CC2)n(-c2ccccc2)n1)N(c1ccccc1)C1CCS(=O)(=O)C1. The first-order chi connectivity index (χ1) is 15.5. The van der Waals surface area contributed by atoms with Gasteiger partial charge in [-0.1, -0.05) is 48.2 Å². The van der Waals surface area contributed by atoms with Crippen LogP contribution < -0.4 is 4.90 Å². The standard InChI is InChI=1S/C23H24N4O3S2/c28-21(26(18-7-3-1-4-8-18)20-13-14-32(29,30)16-20)15-31-23-24-22(17-11-12-17)27(25-23)19-9-5-2-6-10-19/h1-10,17,20H,11-16H2. The first-order valence-corrected chi connectivity index (χ1v) is 13.5. The zero-order valence-corrected chi connectivity index (χ0v) is 19.1.